The number of aromatic nitrogens is 2. The minimum absolute atomic E-state index is 0.0863. The van der Waals surface area contributed by atoms with E-state index in [1.807, 2.05) is 6.33 Å². The third-order valence-electron chi connectivity index (χ3n) is 9.91. The van der Waals surface area contributed by atoms with E-state index in [9.17, 15) is 10.2 Å². The van der Waals surface area contributed by atoms with Crippen LogP contribution in [0.25, 0.3) is 16.7 Å². The van der Waals surface area contributed by atoms with Crippen LogP contribution in [-0.2, 0) is 0 Å². The maximum atomic E-state index is 11.4. The largest absolute Gasteiger partial charge is 0.393 e. The topological polar surface area (TPSA) is 58.3 Å². The summed E-state index contributed by atoms with van der Waals surface area (Å²) in [4.78, 5) is 4.65. The molecule has 0 aliphatic heterocycles. The summed E-state index contributed by atoms with van der Waals surface area (Å²) >= 11 is 0. The molecule has 4 aliphatic rings. The Morgan fingerprint density at radius 1 is 1.03 bits per heavy atom. The van der Waals surface area contributed by atoms with Crippen molar-refractivity contribution in [2.75, 3.05) is 0 Å². The van der Waals surface area contributed by atoms with Gasteiger partial charge in [-0.15, -0.1) is 0 Å². The molecule has 0 saturated heterocycles. The Hall–Kier alpha value is -1.65. The Morgan fingerprint density at radius 2 is 1.87 bits per heavy atom. The molecule has 1 aromatic heterocycles. The number of fused-ring (bicyclic) bond motifs is 6. The van der Waals surface area contributed by atoms with E-state index in [0.717, 1.165) is 37.6 Å². The maximum Gasteiger partial charge on any atom is 0.100 e. The molecular formula is C26H34N2O2. The second-order valence-corrected chi connectivity index (χ2v) is 11.1. The zero-order valence-corrected chi connectivity index (χ0v) is 18.2. The Bertz CT molecular complexity index is 1010. The number of aliphatic hydroxyl groups is 2. The van der Waals surface area contributed by atoms with Crippen molar-refractivity contribution in [1.29, 1.82) is 0 Å². The average Bonchev–Trinajstić information content (AvgIpc) is 3.30. The highest BCUT2D eigenvalue weighted by molar-refractivity contribution is 5.80. The predicted octanol–water partition coefficient (Wildman–Crippen LogP) is 4.86. The second kappa shape index (κ2) is 6.43. The van der Waals surface area contributed by atoms with Gasteiger partial charge >= 0.3 is 0 Å². The van der Waals surface area contributed by atoms with Gasteiger partial charge in [-0.1, -0.05) is 32.1 Å². The Labute approximate surface area is 179 Å². The van der Waals surface area contributed by atoms with E-state index in [2.05, 4.69) is 53.7 Å². The highest BCUT2D eigenvalue weighted by Crippen LogP contribution is 2.67. The van der Waals surface area contributed by atoms with Crippen molar-refractivity contribution < 1.29 is 10.2 Å². The van der Waals surface area contributed by atoms with Gasteiger partial charge in [-0.05, 0) is 86.2 Å². The molecule has 3 fully saturated rings. The molecule has 4 unspecified atom stereocenters. The van der Waals surface area contributed by atoms with Crippen LogP contribution in [-0.4, -0.2) is 32.0 Å². The first-order valence-electron chi connectivity index (χ1n) is 11.9. The zero-order chi connectivity index (χ0) is 20.7. The number of hydrogen-bond donors (Lipinski definition) is 2. The lowest BCUT2D eigenvalue weighted by molar-refractivity contribution is -0.164. The summed E-state index contributed by atoms with van der Waals surface area (Å²) in [6, 6.07) is 8.40. The van der Waals surface area contributed by atoms with E-state index in [4.69, 9.17) is 0 Å². The van der Waals surface area contributed by atoms with Crippen LogP contribution in [0, 0.1) is 34.5 Å². The molecule has 0 bridgehead atoms. The molecule has 4 aliphatic carbocycles. The molecule has 8 atom stereocenters. The molecule has 30 heavy (non-hydrogen) atoms. The average molecular weight is 407 g/mol. The van der Waals surface area contributed by atoms with E-state index in [0.29, 0.717) is 23.7 Å². The predicted molar refractivity (Wildman–Crippen MR) is 119 cm³/mol. The van der Waals surface area contributed by atoms with E-state index in [1.54, 1.807) is 0 Å². The molecule has 1 aromatic carbocycles. The summed E-state index contributed by atoms with van der Waals surface area (Å²) < 4.78 is 2.31. The van der Waals surface area contributed by atoms with Gasteiger partial charge in [0.2, 0.25) is 0 Å². The van der Waals surface area contributed by atoms with Gasteiger partial charge in [-0.3, -0.25) is 0 Å². The molecule has 0 spiro atoms. The number of aliphatic hydroxyl groups excluding tert-OH is 2. The zero-order valence-electron chi connectivity index (χ0n) is 18.2. The SMILES string of the molecule is C[C@]12CCC3C(C(O)C[C@@H]4C[C@H](O)CC[C@]34C)C1CC=C2n1cnc2ccccc21. The summed E-state index contributed by atoms with van der Waals surface area (Å²) in [7, 11) is 0. The van der Waals surface area contributed by atoms with Crippen molar-refractivity contribution in [2.24, 2.45) is 34.5 Å². The van der Waals surface area contributed by atoms with Gasteiger partial charge in [0.25, 0.3) is 0 Å². The fourth-order valence-corrected chi connectivity index (χ4v) is 8.28. The molecule has 4 heteroatoms. The lowest BCUT2D eigenvalue weighted by Crippen LogP contribution is -2.58. The monoisotopic (exact) mass is 406 g/mol. The van der Waals surface area contributed by atoms with Crippen molar-refractivity contribution >= 4 is 16.7 Å². The number of nitrogens with zero attached hydrogens (tertiary/aromatic N) is 2. The number of imidazole rings is 1. The summed E-state index contributed by atoms with van der Waals surface area (Å²) in [5.41, 5.74) is 3.98. The first-order chi connectivity index (χ1) is 14.4. The summed E-state index contributed by atoms with van der Waals surface area (Å²) in [5.74, 6) is 1.90. The smallest absolute Gasteiger partial charge is 0.100 e. The highest BCUT2D eigenvalue weighted by Gasteiger charge is 2.61. The van der Waals surface area contributed by atoms with Crippen LogP contribution in [0.2, 0.25) is 0 Å². The van der Waals surface area contributed by atoms with Gasteiger partial charge in [-0.2, -0.15) is 0 Å². The standard InChI is InChI=1S/C26H34N2O2/c1-25-11-9-17(29)13-16(25)14-22(30)24-18-7-8-23(26(18,2)12-10-19(24)25)28-15-27-20-5-3-4-6-21(20)28/h3-6,8,15-19,22,24,29-30H,7,9-14H2,1-2H3/t16-,17+,18?,19?,22?,24?,25-,26-/m0/s1. The van der Waals surface area contributed by atoms with Gasteiger partial charge in [0.1, 0.15) is 6.33 Å². The fourth-order valence-electron chi connectivity index (χ4n) is 8.28. The minimum atomic E-state index is -0.240. The summed E-state index contributed by atoms with van der Waals surface area (Å²) in [6.07, 6.45) is 11.2. The van der Waals surface area contributed by atoms with Crippen LogP contribution in [0.5, 0.6) is 0 Å². The molecule has 1 heterocycles. The van der Waals surface area contributed by atoms with E-state index in [-0.39, 0.29) is 23.0 Å². The summed E-state index contributed by atoms with van der Waals surface area (Å²) in [5, 5.41) is 21.6. The Balaban J connectivity index is 1.36. The molecule has 2 N–H and O–H groups in total. The molecule has 160 valence electrons. The van der Waals surface area contributed by atoms with Gasteiger partial charge in [0.15, 0.2) is 0 Å². The van der Waals surface area contributed by atoms with Crippen LogP contribution in [0.1, 0.15) is 58.8 Å². The number of para-hydroxylation sites is 2. The lowest BCUT2D eigenvalue weighted by Gasteiger charge is -2.62. The molecule has 4 nitrogen and oxygen atoms in total. The number of allylic oxidation sites excluding steroid dienone is 2. The molecule has 2 aromatic rings. The van der Waals surface area contributed by atoms with Crippen LogP contribution in [0.15, 0.2) is 36.7 Å². The molecule has 0 radical (unpaired) electrons. The van der Waals surface area contributed by atoms with Crippen LogP contribution in [0.3, 0.4) is 0 Å². The van der Waals surface area contributed by atoms with Crippen LogP contribution in [0.4, 0.5) is 0 Å². The third-order valence-corrected chi connectivity index (χ3v) is 9.91. The van der Waals surface area contributed by atoms with Crippen LogP contribution >= 0.6 is 0 Å². The summed E-state index contributed by atoms with van der Waals surface area (Å²) in [6.45, 7) is 4.91. The van der Waals surface area contributed by atoms with Crippen molar-refractivity contribution in [2.45, 2.75) is 71.0 Å². The normalized spacial score (nSPS) is 45.5. The maximum absolute atomic E-state index is 11.4. The number of rotatable bonds is 1. The molecular weight excluding hydrogens is 372 g/mol. The molecule has 6 rings (SSSR count). The van der Waals surface area contributed by atoms with Crippen molar-refractivity contribution in [3.8, 4) is 0 Å². The first-order valence-corrected chi connectivity index (χ1v) is 11.9. The van der Waals surface area contributed by atoms with Gasteiger partial charge in [0.05, 0.1) is 23.2 Å². The van der Waals surface area contributed by atoms with Crippen molar-refractivity contribution in [1.82, 2.24) is 9.55 Å². The van der Waals surface area contributed by atoms with Gasteiger partial charge in [0, 0.05) is 11.1 Å². The first kappa shape index (κ1) is 19.1. The lowest BCUT2D eigenvalue weighted by atomic mass is 9.44. The van der Waals surface area contributed by atoms with Crippen molar-refractivity contribution in [3.05, 3.63) is 36.7 Å². The Kier molecular flexibility index (Phi) is 4.09. The number of hydrogen-bond acceptors (Lipinski definition) is 3. The second-order valence-electron chi connectivity index (χ2n) is 11.1. The highest BCUT2D eigenvalue weighted by atomic mass is 16.3. The van der Waals surface area contributed by atoms with Crippen molar-refractivity contribution in [3.63, 3.8) is 0 Å². The fraction of sp³-hybridized carbons (Fsp3) is 0.654. The minimum Gasteiger partial charge on any atom is -0.393 e. The van der Waals surface area contributed by atoms with Gasteiger partial charge in [-0.25, -0.2) is 4.98 Å². The third kappa shape index (κ3) is 2.44. The Morgan fingerprint density at radius 3 is 2.73 bits per heavy atom. The quantitative estimate of drug-likeness (QED) is 0.711. The van der Waals surface area contributed by atoms with E-state index >= 15 is 0 Å². The van der Waals surface area contributed by atoms with E-state index < -0.39 is 0 Å². The number of benzene rings is 1. The molecule has 3 saturated carbocycles. The van der Waals surface area contributed by atoms with Gasteiger partial charge < -0.3 is 14.8 Å². The van der Waals surface area contributed by atoms with Crippen LogP contribution < -0.4 is 0 Å². The van der Waals surface area contributed by atoms with E-state index in [1.165, 1.54) is 24.1 Å². The molecule has 0 amide bonds.